The van der Waals surface area contributed by atoms with Crippen molar-refractivity contribution >= 4 is 6.47 Å². The van der Waals surface area contributed by atoms with Crippen LogP contribution in [-0.4, -0.2) is 12.6 Å². The molecule has 0 saturated carbocycles. The summed E-state index contributed by atoms with van der Waals surface area (Å²) < 4.78 is 4.66. The van der Waals surface area contributed by atoms with Crippen molar-refractivity contribution in [1.29, 1.82) is 0 Å². The highest BCUT2D eigenvalue weighted by atomic mass is 16.5. The fourth-order valence-electron chi connectivity index (χ4n) is 0.730. The van der Waals surface area contributed by atoms with Gasteiger partial charge in [0.15, 0.2) is 0 Å². The maximum Gasteiger partial charge on any atom is 0.293 e. The summed E-state index contributed by atoms with van der Waals surface area (Å²) in [6, 6.07) is 0. The van der Waals surface area contributed by atoms with Crippen molar-refractivity contribution in [2.75, 3.05) is 0 Å². The second-order valence-electron chi connectivity index (χ2n) is 1.82. The monoisotopic (exact) mass is 124 g/mol. The first-order valence-corrected chi connectivity index (χ1v) is 2.86. The first-order chi connectivity index (χ1) is 4.43. The Bertz CT molecular complexity index is 145. The molecule has 2 heteroatoms. The Morgan fingerprint density at radius 1 is 1.56 bits per heavy atom. The molecule has 0 spiro atoms. The summed E-state index contributed by atoms with van der Waals surface area (Å²) in [5, 5.41) is 0. The molecule has 0 amide bonds. The zero-order valence-electron chi connectivity index (χ0n) is 4.99. The Kier molecular flexibility index (Phi) is 2.07. The third-order valence-corrected chi connectivity index (χ3v) is 1.17. The minimum Gasteiger partial charge on any atom is -0.460 e. The lowest BCUT2D eigenvalue weighted by atomic mass is 10.1. The standard InChI is InChI=1S/C7H8O2/c8-6-9-7-4-2-1-3-5-7/h1-4,6-7H,5H2. The van der Waals surface area contributed by atoms with E-state index in [0.29, 0.717) is 6.47 Å². The molecule has 1 atom stereocenters. The van der Waals surface area contributed by atoms with E-state index < -0.39 is 0 Å². The van der Waals surface area contributed by atoms with Crippen LogP contribution in [0.2, 0.25) is 0 Å². The van der Waals surface area contributed by atoms with Crippen molar-refractivity contribution in [3.63, 3.8) is 0 Å². The van der Waals surface area contributed by atoms with E-state index in [0.717, 1.165) is 6.42 Å². The smallest absolute Gasteiger partial charge is 0.293 e. The zero-order valence-corrected chi connectivity index (χ0v) is 4.99. The van der Waals surface area contributed by atoms with E-state index in [9.17, 15) is 4.79 Å². The zero-order chi connectivity index (χ0) is 6.53. The summed E-state index contributed by atoms with van der Waals surface area (Å²) >= 11 is 0. The van der Waals surface area contributed by atoms with Gasteiger partial charge in [0, 0.05) is 6.42 Å². The fourth-order valence-corrected chi connectivity index (χ4v) is 0.730. The van der Waals surface area contributed by atoms with E-state index in [2.05, 4.69) is 4.74 Å². The van der Waals surface area contributed by atoms with E-state index >= 15 is 0 Å². The molecule has 1 rings (SSSR count). The molecule has 0 heterocycles. The van der Waals surface area contributed by atoms with Crippen LogP contribution in [0.5, 0.6) is 0 Å². The molecule has 9 heavy (non-hydrogen) atoms. The van der Waals surface area contributed by atoms with Gasteiger partial charge in [0.05, 0.1) is 0 Å². The number of allylic oxidation sites excluding steroid dienone is 2. The Hall–Kier alpha value is -1.05. The van der Waals surface area contributed by atoms with Crippen LogP contribution in [0.4, 0.5) is 0 Å². The Labute approximate surface area is 53.8 Å². The molecule has 0 aromatic rings. The van der Waals surface area contributed by atoms with Crippen molar-refractivity contribution in [2.45, 2.75) is 12.5 Å². The predicted octanol–water partition coefficient (Wildman–Crippen LogP) is 1.04. The number of ether oxygens (including phenoxy) is 1. The molecule has 0 radical (unpaired) electrons. The highest BCUT2D eigenvalue weighted by Crippen LogP contribution is 2.05. The van der Waals surface area contributed by atoms with Gasteiger partial charge in [-0.25, -0.2) is 0 Å². The highest BCUT2D eigenvalue weighted by molar-refractivity contribution is 5.38. The average molecular weight is 124 g/mol. The maximum atomic E-state index is 9.79. The lowest BCUT2D eigenvalue weighted by Gasteiger charge is -2.08. The molecule has 0 fully saturated rings. The maximum absolute atomic E-state index is 9.79. The van der Waals surface area contributed by atoms with Gasteiger partial charge in [0.25, 0.3) is 6.47 Å². The molecule has 1 aliphatic rings. The Balaban J connectivity index is 2.36. The average Bonchev–Trinajstić information content (AvgIpc) is 1.91. The minimum absolute atomic E-state index is 0.0347. The van der Waals surface area contributed by atoms with Gasteiger partial charge in [-0.05, 0) is 6.08 Å². The SMILES string of the molecule is O=COC1C=CC=CC1. The van der Waals surface area contributed by atoms with Gasteiger partial charge in [-0.15, -0.1) is 0 Å². The Morgan fingerprint density at radius 3 is 3.00 bits per heavy atom. The van der Waals surface area contributed by atoms with Crippen LogP contribution in [0.3, 0.4) is 0 Å². The molecular weight excluding hydrogens is 116 g/mol. The van der Waals surface area contributed by atoms with Crippen molar-refractivity contribution in [2.24, 2.45) is 0 Å². The summed E-state index contributed by atoms with van der Waals surface area (Å²) in [6.45, 7) is 0.480. The van der Waals surface area contributed by atoms with Crippen molar-refractivity contribution in [3.05, 3.63) is 24.3 Å². The minimum atomic E-state index is -0.0347. The van der Waals surface area contributed by atoms with Gasteiger partial charge < -0.3 is 4.74 Å². The van der Waals surface area contributed by atoms with Crippen LogP contribution < -0.4 is 0 Å². The summed E-state index contributed by atoms with van der Waals surface area (Å²) in [7, 11) is 0. The fraction of sp³-hybridized carbons (Fsp3) is 0.286. The third kappa shape index (κ3) is 1.72. The molecule has 1 unspecified atom stereocenters. The number of hydrogen-bond acceptors (Lipinski definition) is 2. The van der Waals surface area contributed by atoms with Crippen LogP contribution in [0, 0.1) is 0 Å². The van der Waals surface area contributed by atoms with E-state index in [-0.39, 0.29) is 6.10 Å². The second-order valence-corrected chi connectivity index (χ2v) is 1.82. The summed E-state index contributed by atoms with van der Waals surface area (Å²) in [6.07, 6.45) is 8.40. The normalized spacial score (nSPS) is 23.8. The van der Waals surface area contributed by atoms with Gasteiger partial charge in [-0.3, -0.25) is 4.79 Å². The van der Waals surface area contributed by atoms with E-state index in [4.69, 9.17) is 0 Å². The van der Waals surface area contributed by atoms with E-state index in [1.807, 2.05) is 24.3 Å². The number of hydrogen-bond donors (Lipinski definition) is 0. The molecule has 0 aliphatic heterocycles. The van der Waals surface area contributed by atoms with Crippen LogP contribution >= 0.6 is 0 Å². The quantitative estimate of drug-likeness (QED) is 0.514. The first-order valence-electron chi connectivity index (χ1n) is 2.86. The molecule has 0 N–H and O–H groups in total. The Morgan fingerprint density at radius 2 is 2.44 bits per heavy atom. The van der Waals surface area contributed by atoms with Gasteiger partial charge >= 0.3 is 0 Å². The molecule has 0 saturated heterocycles. The van der Waals surface area contributed by atoms with Crippen LogP contribution in [-0.2, 0) is 9.53 Å². The summed E-state index contributed by atoms with van der Waals surface area (Å²) in [5.74, 6) is 0. The lowest BCUT2D eigenvalue weighted by Crippen LogP contribution is -2.08. The van der Waals surface area contributed by atoms with E-state index in [1.54, 1.807) is 0 Å². The van der Waals surface area contributed by atoms with Crippen molar-refractivity contribution in [1.82, 2.24) is 0 Å². The van der Waals surface area contributed by atoms with Crippen LogP contribution in [0.15, 0.2) is 24.3 Å². The van der Waals surface area contributed by atoms with Gasteiger partial charge in [-0.2, -0.15) is 0 Å². The van der Waals surface area contributed by atoms with E-state index in [1.165, 1.54) is 0 Å². The number of rotatable bonds is 2. The molecule has 0 aromatic carbocycles. The summed E-state index contributed by atoms with van der Waals surface area (Å²) in [5.41, 5.74) is 0. The highest BCUT2D eigenvalue weighted by Gasteiger charge is 2.02. The molecule has 1 aliphatic carbocycles. The predicted molar refractivity (Wildman–Crippen MR) is 33.8 cm³/mol. The molecular formula is C7H8O2. The number of carbonyl (C=O) groups is 1. The topological polar surface area (TPSA) is 26.3 Å². The molecule has 2 nitrogen and oxygen atoms in total. The van der Waals surface area contributed by atoms with Crippen LogP contribution in [0.1, 0.15) is 6.42 Å². The van der Waals surface area contributed by atoms with Crippen LogP contribution in [0.25, 0.3) is 0 Å². The first kappa shape index (κ1) is 6.08. The molecule has 48 valence electrons. The number of carbonyl (C=O) groups excluding carboxylic acids is 1. The lowest BCUT2D eigenvalue weighted by molar-refractivity contribution is -0.131. The van der Waals surface area contributed by atoms with Crippen molar-refractivity contribution < 1.29 is 9.53 Å². The van der Waals surface area contributed by atoms with Gasteiger partial charge in [-0.1, -0.05) is 18.2 Å². The second kappa shape index (κ2) is 3.07. The van der Waals surface area contributed by atoms with Gasteiger partial charge in [0.2, 0.25) is 0 Å². The molecule has 0 aromatic heterocycles. The third-order valence-electron chi connectivity index (χ3n) is 1.17. The largest absolute Gasteiger partial charge is 0.460 e. The molecule has 0 bridgehead atoms. The summed E-state index contributed by atoms with van der Waals surface area (Å²) in [4.78, 5) is 9.79. The van der Waals surface area contributed by atoms with Crippen molar-refractivity contribution in [3.8, 4) is 0 Å². The van der Waals surface area contributed by atoms with Gasteiger partial charge in [0.1, 0.15) is 6.10 Å².